The molecule has 0 aromatic heterocycles. The second-order valence-electron chi connectivity index (χ2n) is 12.1. The Kier molecular flexibility index (Phi) is 12.3. The fraction of sp³-hybridized carbons (Fsp3) is 0.543. The van der Waals surface area contributed by atoms with E-state index >= 15 is 0 Å². The lowest BCUT2D eigenvalue weighted by Gasteiger charge is -2.38. The lowest BCUT2D eigenvalue weighted by Crippen LogP contribution is -2.48. The largest absolute Gasteiger partial charge is 0.445 e. The van der Waals surface area contributed by atoms with E-state index in [9.17, 15) is 9.59 Å². The highest BCUT2D eigenvalue weighted by molar-refractivity contribution is 6.02. The lowest BCUT2D eigenvalue weighted by atomic mass is 9.96. The Bertz CT molecular complexity index is 1270. The zero-order valence-corrected chi connectivity index (χ0v) is 26.8. The molecular formula is C35H51N3O4. The number of unbranched alkanes of at least 4 members (excludes halogenated alkanes) is 2. The Hall–Kier alpha value is -3.00. The maximum Gasteiger partial charge on any atom is 0.304 e. The van der Waals surface area contributed by atoms with E-state index in [0.717, 1.165) is 65.0 Å². The first-order chi connectivity index (χ1) is 19.9. The van der Waals surface area contributed by atoms with Gasteiger partial charge in [0.05, 0.1) is 0 Å². The molecule has 0 spiro atoms. The zero-order chi connectivity index (χ0) is 30.8. The molecule has 3 aromatic rings. The highest BCUT2D eigenvalue weighted by atomic mass is 16.6. The van der Waals surface area contributed by atoms with Crippen molar-refractivity contribution >= 4 is 33.5 Å². The minimum atomic E-state index is -0.688. The number of carbonyl (C=O) groups excluding carboxylic acids is 2. The summed E-state index contributed by atoms with van der Waals surface area (Å²) < 4.78 is 11.0. The molecule has 0 aliphatic carbocycles. The number of carbonyl (C=O) groups is 2. The average molecular weight is 578 g/mol. The Balaban J connectivity index is 1.58. The average Bonchev–Trinajstić information content (AvgIpc) is 2.91. The van der Waals surface area contributed by atoms with E-state index in [2.05, 4.69) is 76.6 Å². The number of nitrogens with zero attached hydrogens (tertiary/aromatic N) is 2. The van der Waals surface area contributed by atoms with Gasteiger partial charge in [-0.15, -0.1) is 0 Å². The van der Waals surface area contributed by atoms with Crippen molar-refractivity contribution in [2.24, 2.45) is 0 Å². The highest BCUT2D eigenvalue weighted by Crippen LogP contribution is 2.29. The maximum atomic E-state index is 11.8. The van der Waals surface area contributed by atoms with Gasteiger partial charge >= 0.3 is 11.9 Å². The van der Waals surface area contributed by atoms with Crippen LogP contribution in [0.25, 0.3) is 21.5 Å². The van der Waals surface area contributed by atoms with Crippen LogP contribution in [0.4, 0.5) is 0 Å². The van der Waals surface area contributed by atoms with Gasteiger partial charge in [-0.05, 0) is 106 Å². The van der Waals surface area contributed by atoms with E-state index in [1.165, 1.54) is 41.0 Å². The molecule has 0 unspecified atom stereocenters. The first kappa shape index (κ1) is 33.5. The number of hydrogen-bond acceptors (Lipinski definition) is 7. The van der Waals surface area contributed by atoms with Crippen LogP contribution in [0, 0.1) is 0 Å². The number of rotatable bonds is 17. The molecule has 0 atom stereocenters. The van der Waals surface area contributed by atoms with E-state index in [0.29, 0.717) is 0 Å². The summed E-state index contributed by atoms with van der Waals surface area (Å²) in [5.74, 6) is -0.566. The van der Waals surface area contributed by atoms with Gasteiger partial charge in [0, 0.05) is 33.5 Å². The third-order valence-electron chi connectivity index (χ3n) is 7.82. The third kappa shape index (κ3) is 10.1. The van der Waals surface area contributed by atoms with Gasteiger partial charge in [0.1, 0.15) is 0 Å². The van der Waals surface area contributed by atoms with Crippen LogP contribution in [0.3, 0.4) is 0 Å². The predicted molar refractivity (Wildman–Crippen MR) is 172 cm³/mol. The Morgan fingerprint density at radius 3 is 1.83 bits per heavy atom. The van der Waals surface area contributed by atoms with E-state index in [1.54, 1.807) is 0 Å². The summed E-state index contributed by atoms with van der Waals surface area (Å²) in [5, 5.41) is 8.53. The van der Waals surface area contributed by atoms with Crippen molar-refractivity contribution in [2.45, 2.75) is 92.1 Å². The molecular weight excluding hydrogens is 526 g/mol. The van der Waals surface area contributed by atoms with Crippen LogP contribution in [-0.4, -0.2) is 65.9 Å². The molecule has 1 N–H and O–H groups in total. The molecule has 7 heteroatoms. The topological polar surface area (TPSA) is 71.1 Å². The van der Waals surface area contributed by atoms with Crippen LogP contribution in [0.1, 0.15) is 79.7 Å². The second-order valence-corrected chi connectivity index (χ2v) is 12.1. The number of fused-ring (bicyclic) bond motifs is 2. The SMILES string of the molecule is CCN(CCCCN(CCCCNC(C)(C)OC(C)=O)C(C)(C)OC(C)=O)Cc1c2ccccc2cc2ccccc12. The fourth-order valence-corrected chi connectivity index (χ4v) is 5.77. The molecule has 3 rings (SSSR count). The Morgan fingerprint density at radius 1 is 0.762 bits per heavy atom. The number of ether oxygens (including phenoxy) is 2. The fourth-order valence-electron chi connectivity index (χ4n) is 5.77. The van der Waals surface area contributed by atoms with Gasteiger partial charge in [-0.25, -0.2) is 0 Å². The van der Waals surface area contributed by atoms with E-state index in [4.69, 9.17) is 9.47 Å². The predicted octanol–water partition coefficient (Wildman–Crippen LogP) is 6.87. The summed E-state index contributed by atoms with van der Waals surface area (Å²) in [6.07, 6.45) is 3.92. The standard InChI is InChI=1S/C35H51N3O4/c1-8-37(26-33-31-19-11-9-17-29(31)25-30-18-10-12-20-32(30)33)22-15-16-24-38(35(6,7)42-28(3)40)23-14-13-21-36-34(4,5)41-27(2)39/h9-12,17-20,25,36H,8,13-16,21-24,26H2,1-7H3. The summed E-state index contributed by atoms with van der Waals surface area (Å²) in [7, 11) is 0. The molecule has 0 fully saturated rings. The molecule has 0 radical (unpaired) electrons. The third-order valence-corrected chi connectivity index (χ3v) is 7.82. The van der Waals surface area contributed by atoms with Gasteiger partial charge < -0.3 is 9.47 Å². The molecule has 42 heavy (non-hydrogen) atoms. The molecule has 0 saturated carbocycles. The van der Waals surface area contributed by atoms with Gasteiger partial charge in [0.25, 0.3) is 0 Å². The van der Waals surface area contributed by atoms with Crippen LogP contribution in [0.2, 0.25) is 0 Å². The first-order valence-corrected chi connectivity index (χ1v) is 15.4. The van der Waals surface area contributed by atoms with Crippen LogP contribution >= 0.6 is 0 Å². The van der Waals surface area contributed by atoms with Crippen molar-refractivity contribution in [3.63, 3.8) is 0 Å². The smallest absolute Gasteiger partial charge is 0.304 e. The minimum absolute atomic E-state index is 0.269. The number of benzene rings is 3. The maximum absolute atomic E-state index is 11.8. The summed E-state index contributed by atoms with van der Waals surface area (Å²) in [4.78, 5) is 28.0. The van der Waals surface area contributed by atoms with E-state index < -0.39 is 11.4 Å². The molecule has 3 aromatic carbocycles. The normalized spacial score (nSPS) is 12.4. The van der Waals surface area contributed by atoms with Crippen LogP contribution in [0.5, 0.6) is 0 Å². The summed E-state index contributed by atoms with van der Waals surface area (Å²) >= 11 is 0. The van der Waals surface area contributed by atoms with Gasteiger partial charge in [-0.1, -0.05) is 55.5 Å². The number of esters is 2. The Morgan fingerprint density at radius 2 is 1.29 bits per heavy atom. The number of hydrogen-bond donors (Lipinski definition) is 1. The summed E-state index contributed by atoms with van der Waals surface area (Å²) in [6, 6.07) is 19.7. The molecule has 0 bridgehead atoms. The van der Waals surface area contributed by atoms with Crippen molar-refractivity contribution in [1.82, 2.24) is 15.1 Å². The molecule has 0 heterocycles. The molecule has 0 saturated heterocycles. The minimum Gasteiger partial charge on any atom is -0.445 e. The Labute approximate surface area is 252 Å². The van der Waals surface area contributed by atoms with Gasteiger partial charge in [-0.3, -0.25) is 24.7 Å². The van der Waals surface area contributed by atoms with Gasteiger partial charge in [-0.2, -0.15) is 0 Å². The van der Waals surface area contributed by atoms with Crippen molar-refractivity contribution in [3.05, 3.63) is 60.2 Å². The zero-order valence-electron chi connectivity index (χ0n) is 26.8. The highest BCUT2D eigenvalue weighted by Gasteiger charge is 2.29. The molecule has 0 aliphatic rings. The molecule has 0 aliphatic heterocycles. The summed E-state index contributed by atoms with van der Waals surface area (Å²) in [6.45, 7) is 18.1. The van der Waals surface area contributed by atoms with Crippen molar-refractivity contribution < 1.29 is 19.1 Å². The second kappa shape index (κ2) is 15.5. The van der Waals surface area contributed by atoms with Gasteiger partial charge in [0.2, 0.25) is 0 Å². The van der Waals surface area contributed by atoms with E-state index in [-0.39, 0.29) is 11.9 Å². The summed E-state index contributed by atoms with van der Waals surface area (Å²) in [5.41, 5.74) is 0.0304. The first-order valence-electron chi connectivity index (χ1n) is 15.4. The lowest BCUT2D eigenvalue weighted by molar-refractivity contribution is -0.174. The van der Waals surface area contributed by atoms with E-state index in [1.807, 2.05) is 27.7 Å². The quantitative estimate of drug-likeness (QED) is 0.0813. The van der Waals surface area contributed by atoms with Crippen molar-refractivity contribution in [1.29, 1.82) is 0 Å². The van der Waals surface area contributed by atoms with Crippen LogP contribution in [0.15, 0.2) is 54.6 Å². The van der Waals surface area contributed by atoms with Crippen LogP contribution in [-0.2, 0) is 25.6 Å². The van der Waals surface area contributed by atoms with Crippen LogP contribution < -0.4 is 5.32 Å². The van der Waals surface area contributed by atoms with Crippen molar-refractivity contribution in [3.8, 4) is 0 Å². The number of nitrogens with one attached hydrogen (secondary N) is 1. The molecule has 7 nitrogen and oxygen atoms in total. The van der Waals surface area contributed by atoms with Crippen molar-refractivity contribution in [2.75, 3.05) is 32.7 Å². The molecule has 230 valence electrons. The molecule has 0 amide bonds. The van der Waals surface area contributed by atoms with Gasteiger partial charge in [0.15, 0.2) is 11.4 Å². The monoisotopic (exact) mass is 577 g/mol.